The number of likely N-dealkylation sites (tertiary alicyclic amines) is 1. The number of nitrogens with zero attached hydrogens (tertiary/aromatic N) is 2. The van der Waals surface area contributed by atoms with Gasteiger partial charge in [-0.05, 0) is 58.7 Å². The third-order valence-electron chi connectivity index (χ3n) is 7.43. The fourth-order valence-electron chi connectivity index (χ4n) is 5.36. The van der Waals surface area contributed by atoms with Crippen molar-refractivity contribution in [2.75, 3.05) is 0 Å². The Morgan fingerprint density at radius 1 is 0.894 bits per heavy atom. The maximum Gasteiger partial charge on any atom is 0.334 e. The number of fused-ring (bicyclic) bond motifs is 1. The van der Waals surface area contributed by atoms with Gasteiger partial charge in [0.05, 0.1) is 10.2 Å². The summed E-state index contributed by atoms with van der Waals surface area (Å²) in [7, 11) is 2.61. The predicted octanol–water partition coefficient (Wildman–Crippen LogP) is 7.39. The molecule has 1 aromatic heterocycles. The van der Waals surface area contributed by atoms with Gasteiger partial charge in [-0.25, -0.2) is 9.78 Å². The number of carbonyl (C=O) groups excluding carboxylic acids is 3. The number of nitrogens with one attached hydrogen (secondary N) is 1. The van der Waals surface area contributed by atoms with E-state index in [0.29, 0.717) is 11.3 Å². The topological polar surface area (TPSA) is 97.8 Å². The standard InChI is InChI=1S/C36H31N3O5S3/c1-23(2)30(32(41)43-31(25-15-7-4-8-16-25)26-17-9-5-10-18-26)39-33(42)36(38-24(3)40,44-27-19-11-6-12-20-27)34(39)46-47-35-37-28-21-13-14-22-29(28)45-35/h4-22,30-31,34H,1H2,2-3H3,(H,38,40). The largest absolute Gasteiger partial charge is 0.455 e. The van der Waals surface area contributed by atoms with Crippen LogP contribution >= 0.6 is 32.9 Å². The van der Waals surface area contributed by atoms with Crippen molar-refractivity contribution in [2.24, 2.45) is 0 Å². The number of hydrogen-bond acceptors (Lipinski definition) is 9. The molecular weight excluding hydrogens is 651 g/mol. The number of hydrogen-bond donors (Lipinski definition) is 1. The number of β-lactam (4-membered cyclic amide) rings is 1. The number of esters is 1. The first-order valence-electron chi connectivity index (χ1n) is 14.8. The van der Waals surface area contributed by atoms with Crippen LogP contribution in [0.2, 0.25) is 0 Å². The summed E-state index contributed by atoms with van der Waals surface area (Å²) in [6.07, 6.45) is -0.730. The average molecular weight is 682 g/mol. The van der Waals surface area contributed by atoms with Crippen molar-refractivity contribution in [1.82, 2.24) is 15.2 Å². The number of thiazole rings is 1. The molecule has 2 amide bonds. The van der Waals surface area contributed by atoms with Gasteiger partial charge in [0.15, 0.2) is 21.9 Å². The van der Waals surface area contributed by atoms with Gasteiger partial charge in [0, 0.05) is 6.92 Å². The van der Waals surface area contributed by atoms with Crippen molar-refractivity contribution in [3.8, 4) is 5.75 Å². The zero-order chi connectivity index (χ0) is 33.0. The molecule has 8 nitrogen and oxygen atoms in total. The van der Waals surface area contributed by atoms with E-state index in [1.807, 2.05) is 91.0 Å². The van der Waals surface area contributed by atoms with Crippen LogP contribution in [0, 0.1) is 0 Å². The van der Waals surface area contributed by atoms with Gasteiger partial charge < -0.3 is 19.7 Å². The molecule has 0 bridgehead atoms. The fraction of sp³-hybridized carbons (Fsp3) is 0.167. The molecule has 2 heterocycles. The summed E-state index contributed by atoms with van der Waals surface area (Å²) in [4.78, 5) is 47.3. The number of aromatic nitrogens is 1. The number of rotatable bonds is 12. The first kappa shape index (κ1) is 32.4. The van der Waals surface area contributed by atoms with Crippen molar-refractivity contribution in [3.05, 3.63) is 139 Å². The van der Waals surface area contributed by atoms with Crippen LogP contribution in [0.15, 0.2) is 132 Å². The molecule has 3 atom stereocenters. The van der Waals surface area contributed by atoms with Crippen LogP contribution in [-0.2, 0) is 19.1 Å². The lowest BCUT2D eigenvalue weighted by Gasteiger charge is -2.55. The molecular formula is C36H31N3O5S3. The van der Waals surface area contributed by atoms with E-state index in [0.717, 1.165) is 25.7 Å². The molecule has 1 aliphatic rings. The highest BCUT2D eigenvalue weighted by Crippen LogP contribution is 2.50. The van der Waals surface area contributed by atoms with E-state index in [4.69, 9.17) is 14.5 Å². The van der Waals surface area contributed by atoms with Crippen molar-refractivity contribution < 1.29 is 23.9 Å². The smallest absolute Gasteiger partial charge is 0.334 e. The molecule has 5 aromatic rings. The maximum atomic E-state index is 14.4. The van der Waals surface area contributed by atoms with Crippen LogP contribution < -0.4 is 10.1 Å². The lowest BCUT2D eigenvalue weighted by atomic mass is 9.95. The summed E-state index contributed by atoms with van der Waals surface area (Å²) in [6, 6.07) is 34.2. The van der Waals surface area contributed by atoms with Crippen LogP contribution in [0.1, 0.15) is 31.1 Å². The highest BCUT2D eigenvalue weighted by Gasteiger charge is 2.68. The van der Waals surface area contributed by atoms with Gasteiger partial charge in [-0.1, -0.05) is 108 Å². The fourth-order valence-corrected chi connectivity index (χ4v) is 9.40. The van der Waals surface area contributed by atoms with Crippen LogP contribution in [0.5, 0.6) is 5.75 Å². The monoisotopic (exact) mass is 681 g/mol. The molecule has 1 saturated heterocycles. The molecule has 1 aliphatic heterocycles. The van der Waals surface area contributed by atoms with Crippen molar-refractivity contribution in [3.63, 3.8) is 0 Å². The third-order valence-corrected chi connectivity index (χ3v) is 11.5. The normalized spacial score (nSPS) is 18.0. The summed E-state index contributed by atoms with van der Waals surface area (Å²) in [5, 5.41) is 1.90. The van der Waals surface area contributed by atoms with Crippen LogP contribution in [0.4, 0.5) is 0 Å². The Kier molecular flexibility index (Phi) is 9.67. The minimum Gasteiger partial charge on any atom is -0.455 e. The van der Waals surface area contributed by atoms with Crippen LogP contribution in [0.3, 0.4) is 0 Å². The number of para-hydroxylation sites is 2. The highest BCUT2D eigenvalue weighted by molar-refractivity contribution is 8.77. The lowest BCUT2D eigenvalue weighted by molar-refractivity contribution is -0.191. The first-order chi connectivity index (χ1) is 22.8. The lowest BCUT2D eigenvalue weighted by Crippen LogP contribution is -2.83. The Labute approximate surface area is 284 Å². The Hall–Kier alpha value is -4.58. The van der Waals surface area contributed by atoms with Gasteiger partial charge in [0.2, 0.25) is 5.91 Å². The highest BCUT2D eigenvalue weighted by atomic mass is 33.1. The van der Waals surface area contributed by atoms with E-state index in [9.17, 15) is 14.4 Å². The second kappa shape index (κ2) is 14.0. The second-order valence-electron chi connectivity index (χ2n) is 10.9. The summed E-state index contributed by atoms with van der Waals surface area (Å²) in [6.45, 7) is 7.09. The molecule has 0 radical (unpaired) electrons. The van der Waals surface area contributed by atoms with E-state index in [2.05, 4.69) is 11.9 Å². The minimum absolute atomic E-state index is 0.382. The second-order valence-corrected chi connectivity index (χ2v) is 14.5. The number of carbonyl (C=O) groups is 3. The molecule has 1 N–H and O–H groups in total. The average Bonchev–Trinajstić information content (AvgIpc) is 3.50. The summed E-state index contributed by atoms with van der Waals surface area (Å²) >= 11 is 1.51. The molecule has 0 saturated carbocycles. The summed E-state index contributed by atoms with van der Waals surface area (Å²) in [5.74, 6) is -1.34. The van der Waals surface area contributed by atoms with Crippen molar-refractivity contribution in [2.45, 2.75) is 41.4 Å². The van der Waals surface area contributed by atoms with Gasteiger partial charge in [0.25, 0.3) is 11.6 Å². The molecule has 6 rings (SSSR count). The van der Waals surface area contributed by atoms with E-state index >= 15 is 0 Å². The van der Waals surface area contributed by atoms with Gasteiger partial charge in [-0.3, -0.25) is 9.59 Å². The molecule has 11 heteroatoms. The van der Waals surface area contributed by atoms with Crippen molar-refractivity contribution in [1.29, 1.82) is 0 Å². The molecule has 3 unspecified atom stereocenters. The number of benzene rings is 4. The quantitative estimate of drug-likeness (QED) is 0.0479. The molecule has 47 heavy (non-hydrogen) atoms. The molecule has 0 aliphatic carbocycles. The Morgan fingerprint density at radius 3 is 2.04 bits per heavy atom. The minimum atomic E-state index is -1.81. The molecule has 1 fully saturated rings. The van der Waals surface area contributed by atoms with E-state index < -0.39 is 41.0 Å². The molecule has 4 aromatic carbocycles. The first-order valence-corrected chi connectivity index (χ1v) is 17.8. The van der Waals surface area contributed by atoms with E-state index in [1.165, 1.54) is 44.7 Å². The zero-order valence-electron chi connectivity index (χ0n) is 25.6. The molecule has 0 spiro atoms. The Morgan fingerprint density at radius 2 is 1.47 bits per heavy atom. The van der Waals surface area contributed by atoms with Crippen LogP contribution in [-0.4, -0.2) is 44.8 Å². The van der Waals surface area contributed by atoms with Gasteiger partial charge in [-0.2, -0.15) is 0 Å². The van der Waals surface area contributed by atoms with E-state index in [-0.39, 0.29) is 0 Å². The van der Waals surface area contributed by atoms with Crippen LogP contribution in [0.25, 0.3) is 10.2 Å². The van der Waals surface area contributed by atoms with Crippen molar-refractivity contribution >= 4 is 60.9 Å². The maximum absolute atomic E-state index is 14.4. The Bertz CT molecular complexity index is 1830. The van der Waals surface area contributed by atoms with Gasteiger partial charge in [0.1, 0.15) is 5.75 Å². The summed E-state index contributed by atoms with van der Waals surface area (Å²) in [5.41, 5.74) is 0.995. The SMILES string of the molecule is C=C(C)C(C(=O)OC(c1ccccc1)c1ccccc1)N1C(=O)C(NC(C)=O)(Oc2ccccc2)C1SSc1nc2ccccc2s1. The summed E-state index contributed by atoms with van der Waals surface area (Å²) < 4.78 is 14.3. The number of ether oxygens (including phenoxy) is 2. The molecule has 238 valence electrons. The van der Waals surface area contributed by atoms with E-state index in [1.54, 1.807) is 31.2 Å². The predicted molar refractivity (Wildman–Crippen MR) is 187 cm³/mol. The van der Waals surface area contributed by atoms with Gasteiger partial charge >= 0.3 is 5.97 Å². The zero-order valence-corrected chi connectivity index (χ0v) is 28.0. The van der Waals surface area contributed by atoms with Gasteiger partial charge in [-0.15, -0.1) is 11.3 Å². The third kappa shape index (κ3) is 6.78. The Balaban J connectivity index is 1.36. The number of amides is 2.